The molecule has 0 saturated carbocycles. The summed E-state index contributed by atoms with van der Waals surface area (Å²) in [5.41, 5.74) is 1.90. The molecule has 0 unspecified atom stereocenters. The fraction of sp³-hybridized carbons (Fsp3) is 0.250. The summed E-state index contributed by atoms with van der Waals surface area (Å²) in [7, 11) is 1.65. The van der Waals surface area contributed by atoms with Gasteiger partial charge in [0.1, 0.15) is 11.5 Å². The minimum absolute atomic E-state index is 0.204. The molecule has 5 heteroatoms. The molecule has 110 valence electrons. The van der Waals surface area contributed by atoms with Gasteiger partial charge in [-0.1, -0.05) is 12.1 Å². The number of ether oxygens (including phenoxy) is 3. The van der Waals surface area contributed by atoms with Crippen molar-refractivity contribution in [3.63, 3.8) is 0 Å². The molecule has 1 aliphatic rings. The second kappa shape index (κ2) is 5.93. The quantitative estimate of drug-likeness (QED) is 0.884. The summed E-state index contributed by atoms with van der Waals surface area (Å²) in [5.74, 6) is 2.30. The summed E-state index contributed by atoms with van der Waals surface area (Å²) in [6, 6.07) is 11.3. The Hall–Kier alpha value is -2.40. The molecule has 2 aromatic rings. The molecule has 0 radical (unpaired) electrons. The molecule has 0 aromatic heterocycles. The topological polar surface area (TPSA) is 60.0 Å². The molecule has 5 nitrogen and oxygen atoms in total. The Labute approximate surface area is 123 Å². The van der Waals surface area contributed by atoms with Gasteiger partial charge in [-0.2, -0.15) is 0 Å². The Morgan fingerprint density at radius 1 is 1.14 bits per heavy atom. The fourth-order valence-electron chi connectivity index (χ4n) is 2.24. The van der Waals surface area contributed by atoms with Gasteiger partial charge in [0.2, 0.25) is 6.79 Å². The minimum atomic E-state index is 0.204. The molecule has 1 aliphatic heterocycles. The van der Waals surface area contributed by atoms with E-state index >= 15 is 0 Å². The van der Waals surface area contributed by atoms with Crippen LogP contribution < -0.4 is 19.5 Å². The number of hydrogen-bond acceptors (Lipinski definition) is 5. The first kappa shape index (κ1) is 13.6. The van der Waals surface area contributed by atoms with Crippen molar-refractivity contribution >= 4 is 0 Å². The Bertz CT molecular complexity index is 642. The highest BCUT2D eigenvalue weighted by molar-refractivity contribution is 5.51. The van der Waals surface area contributed by atoms with E-state index in [0.29, 0.717) is 24.6 Å². The second-order valence-electron chi connectivity index (χ2n) is 4.79. The van der Waals surface area contributed by atoms with E-state index in [1.807, 2.05) is 24.3 Å². The van der Waals surface area contributed by atoms with Gasteiger partial charge in [0, 0.05) is 24.7 Å². The molecule has 0 amide bonds. The van der Waals surface area contributed by atoms with E-state index in [2.05, 4.69) is 5.32 Å². The summed E-state index contributed by atoms with van der Waals surface area (Å²) >= 11 is 0. The van der Waals surface area contributed by atoms with Crippen molar-refractivity contribution in [2.24, 2.45) is 0 Å². The molecule has 0 spiro atoms. The molecular formula is C16H17NO4. The van der Waals surface area contributed by atoms with Crippen molar-refractivity contribution in [3.05, 3.63) is 47.5 Å². The number of rotatable bonds is 5. The van der Waals surface area contributed by atoms with Crippen LogP contribution in [0.4, 0.5) is 0 Å². The molecule has 0 atom stereocenters. The molecular weight excluding hydrogens is 270 g/mol. The highest BCUT2D eigenvalue weighted by Gasteiger charge is 2.16. The maximum atomic E-state index is 9.96. The molecule has 21 heavy (non-hydrogen) atoms. The van der Waals surface area contributed by atoms with E-state index in [9.17, 15) is 5.11 Å². The van der Waals surface area contributed by atoms with Crippen LogP contribution in [-0.2, 0) is 13.1 Å². The molecule has 3 rings (SSSR count). The highest BCUT2D eigenvalue weighted by atomic mass is 16.7. The van der Waals surface area contributed by atoms with Gasteiger partial charge in [-0.3, -0.25) is 0 Å². The van der Waals surface area contributed by atoms with Crippen LogP contribution in [0.15, 0.2) is 36.4 Å². The predicted molar refractivity (Wildman–Crippen MR) is 77.8 cm³/mol. The van der Waals surface area contributed by atoms with Crippen LogP contribution >= 0.6 is 0 Å². The highest BCUT2D eigenvalue weighted by Crippen LogP contribution is 2.37. The standard InChI is InChI=1S/C16H17NO4/c1-19-13-4-2-3-11(5-13)8-17-9-12-6-15-16(7-14(12)18)21-10-20-15/h2-7,17-18H,8-10H2,1H3. The van der Waals surface area contributed by atoms with E-state index in [1.165, 1.54) is 0 Å². The van der Waals surface area contributed by atoms with Crippen LogP contribution in [0, 0.1) is 0 Å². The van der Waals surface area contributed by atoms with Gasteiger partial charge in [-0.25, -0.2) is 0 Å². The number of phenolic OH excluding ortho intramolecular Hbond substituents is 1. The van der Waals surface area contributed by atoms with Crippen LogP contribution in [-0.4, -0.2) is 19.0 Å². The van der Waals surface area contributed by atoms with Gasteiger partial charge in [0.25, 0.3) is 0 Å². The fourth-order valence-corrected chi connectivity index (χ4v) is 2.24. The normalized spacial score (nSPS) is 12.4. The first-order chi connectivity index (χ1) is 10.3. The van der Waals surface area contributed by atoms with Crippen LogP contribution in [0.5, 0.6) is 23.0 Å². The van der Waals surface area contributed by atoms with Crippen molar-refractivity contribution in [3.8, 4) is 23.0 Å². The Balaban J connectivity index is 1.62. The molecule has 0 bridgehead atoms. The third-order valence-electron chi connectivity index (χ3n) is 3.35. The van der Waals surface area contributed by atoms with E-state index < -0.39 is 0 Å². The molecule has 2 aromatic carbocycles. The van der Waals surface area contributed by atoms with E-state index in [-0.39, 0.29) is 12.5 Å². The number of phenols is 1. The Morgan fingerprint density at radius 2 is 1.95 bits per heavy atom. The summed E-state index contributed by atoms with van der Waals surface area (Å²) < 4.78 is 15.7. The van der Waals surface area contributed by atoms with Crippen molar-refractivity contribution in [1.82, 2.24) is 5.32 Å². The predicted octanol–water partition coefficient (Wildman–Crippen LogP) is 2.42. The van der Waals surface area contributed by atoms with Gasteiger partial charge in [-0.15, -0.1) is 0 Å². The van der Waals surface area contributed by atoms with Crippen LogP contribution in [0.2, 0.25) is 0 Å². The molecule has 0 saturated heterocycles. The number of benzene rings is 2. The summed E-state index contributed by atoms with van der Waals surface area (Å²) in [6.07, 6.45) is 0. The average molecular weight is 287 g/mol. The van der Waals surface area contributed by atoms with Crippen molar-refractivity contribution in [2.75, 3.05) is 13.9 Å². The SMILES string of the molecule is COc1cccc(CNCc2cc3c(cc2O)OCO3)c1. The van der Waals surface area contributed by atoms with Crippen molar-refractivity contribution < 1.29 is 19.3 Å². The monoisotopic (exact) mass is 287 g/mol. The van der Waals surface area contributed by atoms with Crippen LogP contribution in [0.1, 0.15) is 11.1 Å². The number of aromatic hydroxyl groups is 1. The summed E-state index contributed by atoms with van der Waals surface area (Å²) in [5, 5.41) is 13.2. The van der Waals surface area contributed by atoms with Gasteiger partial charge in [-0.05, 0) is 23.8 Å². The molecule has 0 aliphatic carbocycles. The number of methoxy groups -OCH3 is 1. The van der Waals surface area contributed by atoms with Crippen molar-refractivity contribution in [1.29, 1.82) is 0 Å². The lowest BCUT2D eigenvalue weighted by molar-refractivity contribution is 0.174. The van der Waals surface area contributed by atoms with Crippen LogP contribution in [0.25, 0.3) is 0 Å². The number of nitrogens with one attached hydrogen (secondary N) is 1. The Kier molecular flexibility index (Phi) is 3.83. The average Bonchev–Trinajstić information content (AvgIpc) is 2.94. The third-order valence-corrected chi connectivity index (χ3v) is 3.35. The maximum absolute atomic E-state index is 9.96. The molecule has 1 heterocycles. The zero-order chi connectivity index (χ0) is 14.7. The third kappa shape index (κ3) is 3.03. The smallest absolute Gasteiger partial charge is 0.231 e. The zero-order valence-electron chi connectivity index (χ0n) is 11.8. The largest absolute Gasteiger partial charge is 0.507 e. The zero-order valence-corrected chi connectivity index (χ0v) is 11.8. The summed E-state index contributed by atoms with van der Waals surface area (Å²) in [6.45, 7) is 1.43. The van der Waals surface area contributed by atoms with Crippen LogP contribution in [0.3, 0.4) is 0 Å². The number of hydrogen-bond donors (Lipinski definition) is 2. The lowest BCUT2D eigenvalue weighted by atomic mass is 10.1. The van der Waals surface area contributed by atoms with Crippen molar-refractivity contribution in [2.45, 2.75) is 13.1 Å². The van der Waals surface area contributed by atoms with E-state index in [0.717, 1.165) is 16.9 Å². The van der Waals surface area contributed by atoms with Gasteiger partial charge >= 0.3 is 0 Å². The lowest BCUT2D eigenvalue weighted by Gasteiger charge is -2.09. The lowest BCUT2D eigenvalue weighted by Crippen LogP contribution is -2.12. The Morgan fingerprint density at radius 3 is 2.76 bits per heavy atom. The van der Waals surface area contributed by atoms with Gasteiger partial charge in [0.05, 0.1) is 7.11 Å². The van der Waals surface area contributed by atoms with E-state index in [1.54, 1.807) is 19.2 Å². The molecule has 0 fully saturated rings. The first-order valence-electron chi connectivity index (χ1n) is 6.71. The van der Waals surface area contributed by atoms with E-state index in [4.69, 9.17) is 14.2 Å². The maximum Gasteiger partial charge on any atom is 0.231 e. The molecule has 2 N–H and O–H groups in total. The van der Waals surface area contributed by atoms with Gasteiger partial charge < -0.3 is 24.6 Å². The minimum Gasteiger partial charge on any atom is -0.507 e. The first-order valence-corrected chi connectivity index (χ1v) is 6.71. The second-order valence-corrected chi connectivity index (χ2v) is 4.79. The number of fused-ring (bicyclic) bond motifs is 1. The summed E-state index contributed by atoms with van der Waals surface area (Å²) in [4.78, 5) is 0. The van der Waals surface area contributed by atoms with Gasteiger partial charge in [0.15, 0.2) is 11.5 Å².